The van der Waals surface area contributed by atoms with E-state index in [4.69, 9.17) is 10.5 Å². The molecule has 1 fully saturated rings. The second kappa shape index (κ2) is 4.88. The third-order valence-corrected chi connectivity index (χ3v) is 4.26. The van der Waals surface area contributed by atoms with Crippen molar-refractivity contribution in [2.24, 2.45) is 5.73 Å². The van der Waals surface area contributed by atoms with E-state index in [1.807, 2.05) is 6.07 Å². The number of pyridine rings is 1. The normalized spacial score (nSPS) is 21.6. The molecular formula is C15H22N2O. The van der Waals surface area contributed by atoms with Crippen LogP contribution in [0.1, 0.15) is 49.8 Å². The van der Waals surface area contributed by atoms with Crippen LogP contribution in [-0.4, -0.2) is 17.1 Å². The minimum absolute atomic E-state index is 0.126. The number of ether oxygens (including phenoxy) is 1. The predicted octanol–water partition coefficient (Wildman–Crippen LogP) is 2.61. The first-order valence-electron chi connectivity index (χ1n) is 7.16. The highest BCUT2D eigenvalue weighted by atomic mass is 16.5. The first kappa shape index (κ1) is 12.0. The maximum atomic E-state index is 6.37. The lowest BCUT2D eigenvalue weighted by atomic mass is 9.83. The van der Waals surface area contributed by atoms with Crippen LogP contribution in [0.3, 0.4) is 0 Å². The zero-order chi connectivity index (χ0) is 12.4. The summed E-state index contributed by atoms with van der Waals surface area (Å²) in [5.74, 6) is 0.756. The molecule has 0 spiro atoms. The van der Waals surface area contributed by atoms with Crippen LogP contribution in [0, 0.1) is 0 Å². The summed E-state index contributed by atoms with van der Waals surface area (Å²) in [6.07, 6.45) is 9.44. The SMILES string of the molecule is NC1(COc2ccc3c(n2)CCC3)CCCCC1. The third kappa shape index (κ3) is 2.51. The minimum Gasteiger partial charge on any atom is -0.476 e. The molecule has 3 nitrogen and oxygen atoms in total. The molecule has 98 valence electrons. The van der Waals surface area contributed by atoms with Gasteiger partial charge < -0.3 is 10.5 Å². The third-order valence-electron chi connectivity index (χ3n) is 4.26. The van der Waals surface area contributed by atoms with Gasteiger partial charge in [-0.3, -0.25) is 0 Å². The van der Waals surface area contributed by atoms with Crippen LogP contribution < -0.4 is 10.5 Å². The number of aryl methyl sites for hydroxylation is 2. The molecule has 3 heteroatoms. The first-order chi connectivity index (χ1) is 8.75. The fraction of sp³-hybridized carbons (Fsp3) is 0.667. The summed E-state index contributed by atoms with van der Waals surface area (Å²) in [6.45, 7) is 0.610. The van der Waals surface area contributed by atoms with Crippen LogP contribution in [0.4, 0.5) is 0 Å². The highest BCUT2D eigenvalue weighted by molar-refractivity contribution is 5.29. The summed E-state index contributed by atoms with van der Waals surface area (Å²) < 4.78 is 5.84. The molecule has 1 heterocycles. The van der Waals surface area contributed by atoms with Crippen molar-refractivity contribution < 1.29 is 4.74 Å². The largest absolute Gasteiger partial charge is 0.476 e. The Labute approximate surface area is 109 Å². The topological polar surface area (TPSA) is 48.1 Å². The summed E-state index contributed by atoms with van der Waals surface area (Å²) >= 11 is 0. The van der Waals surface area contributed by atoms with Crippen molar-refractivity contribution in [3.63, 3.8) is 0 Å². The van der Waals surface area contributed by atoms with Gasteiger partial charge in [0.05, 0.1) is 5.54 Å². The number of aromatic nitrogens is 1. The van der Waals surface area contributed by atoms with Crippen molar-refractivity contribution >= 4 is 0 Å². The molecule has 18 heavy (non-hydrogen) atoms. The molecule has 0 saturated heterocycles. The van der Waals surface area contributed by atoms with E-state index in [1.165, 1.54) is 43.4 Å². The van der Waals surface area contributed by atoms with Crippen LogP contribution in [0.2, 0.25) is 0 Å². The van der Waals surface area contributed by atoms with Crippen molar-refractivity contribution in [3.05, 3.63) is 23.4 Å². The molecule has 0 aliphatic heterocycles. The van der Waals surface area contributed by atoms with Crippen molar-refractivity contribution in [2.45, 2.75) is 56.9 Å². The van der Waals surface area contributed by atoms with Gasteiger partial charge in [0.1, 0.15) is 6.61 Å². The average molecular weight is 246 g/mol. The monoisotopic (exact) mass is 246 g/mol. The summed E-state index contributed by atoms with van der Waals surface area (Å²) in [4.78, 5) is 4.59. The number of hydrogen-bond acceptors (Lipinski definition) is 3. The second-order valence-electron chi connectivity index (χ2n) is 5.82. The lowest BCUT2D eigenvalue weighted by Crippen LogP contribution is -2.47. The molecule has 1 saturated carbocycles. The number of nitrogens with zero attached hydrogens (tertiary/aromatic N) is 1. The summed E-state index contributed by atoms with van der Waals surface area (Å²) in [6, 6.07) is 4.16. The Hall–Kier alpha value is -1.09. The zero-order valence-electron chi connectivity index (χ0n) is 11.0. The summed E-state index contributed by atoms with van der Waals surface area (Å²) in [5.41, 5.74) is 8.86. The second-order valence-corrected chi connectivity index (χ2v) is 5.82. The Bertz CT molecular complexity index is 425. The summed E-state index contributed by atoms with van der Waals surface area (Å²) in [7, 11) is 0. The highest BCUT2D eigenvalue weighted by Crippen LogP contribution is 2.27. The molecule has 2 aliphatic carbocycles. The van der Waals surface area contributed by atoms with Gasteiger partial charge in [0.15, 0.2) is 0 Å². The van der Waals surface area contributed by atoms with E-state index < -0.39 is 0 Å². The Morgan fingerprint density at radius 1 is 1.11 bits per heavy atom. The van der Waals surface area contributed by atoms with E-state index in [0.717, 1.165) is 25.1 Å². The van der Waals surface area contributed by atoms with Crippen LogP contribution >= 0.6 is 0 Å². The van der Waals surface area contributed by atoms with Crippen molar-refractivity contribution in [1.29, 1.82) is 0 Å². The Morgan fingerprint density at radius 2 is 1.94 bits per heavy atom. The maximum Gasteiger partial charge on any atom is 0.213 e. The number of nitrogens with two attached hydrogens (primary N) is 1. The van der Waals surface area contributed by atoms with Crippen LogP contribution in [-0.2, 0) is 12.8 Å². The van der Waals surface area contributed by atoms with E-state index in [0.29, 0.717) is 6.61 Å². The molecule has 1 aromatic rings. The van der Waals surface area contributed by atoms with E-state index in [-0.39, 0.29) is 5.54 Å². The quantitative estimate of drug-likeness (QED) is 0.891. The van der Waals surface area contributed by atoms with E-state index in [2.05, 4.69) is 11.1 Å². The molecule has 2 N–H and O–H groups in total. The molecule has 3 rings (SSSR count). The lowest BCUT2D eigenvalue weighted by molar-refractivity contribution is 0.169. The van der Waals surface area contributed by atoms with Gasteiger partial charge in [-0.15, -0.1) is 0 Å². The van der Waals surface area contributed by atoms with Gasteiger partial charge in [-0.1, -0.05) is 25.3 Å². The fourth-order valence-electron chi connectivity index (χ4n) is 3.10. The smallest absolute Gasteiger partial charge is 0.213 e. The van der Waals surface area contributed by atoms with E-state index >= 15 is 0 Å². The van der Waals surface area contributed by atoms with Gasteiger partial charge in [0, 0.05) is 11.8 Å². The highest BCUT2D eigenvalue weighted by Gasteiger charge is 2.28. The van der Waals surface area contributed by atoms with Gasteiger partial charge >= 0.3 is 0 Å². The van der Waals surface area contributed by atoms with Gasteiger partial charge in [-0.25, -0.2) is 4.98 Å². The molecule has 1 aromatic heterocycles. The molecule has 0 radical (unpaired) electrons. The zero-order valence-corrected chi connectivity index (χ0v) is 11.0. The fourth-order valence-corrected chi connectivity index (χ4v) is 3.10. The van der Waals surface area contributed by atoms with E-state index in [9.17, 15) is 0 Å². The molecule has 0 aromatic carbocycles. The van der Waals surface area contributed by atoms with E-state index in [1.54, 1.807) is 0 Å². The van der Waals surface area contributed by atoms with Crippen molar-refractivity contribution in [3.8, 4) is 5.88 Å². The van der Waals surface area contributed by atoms with Gasteiger partial charge in [0.2, 0.25) is 5.88 Å². The lowest BCUT2D eigenvalue weighted by Gasteiger charge is -2.32. The number of hydrogen-bond donors (Lipinski definition) is 1. The molecule has 0 atom stereocenters. The van der Waals surface area contributed by atoms with Gasteiger partial charge in [0.25, 0.3) is 0 Å². The maximum absolute atomic E-state index is 6.37. The van der Waals surface area contributed by atoms with Crippen LogP contribution in [0.15, 0.2) is 12.1 Å². The van der Waals surface area contributed by atoms with Crippen molar-refractivity contribution in [1.82, 2.24) is 4.98 Å². The molecular weight excluding hydrogens is 224 g/mol. The average Bonchev–Trinajstić information content (AvgIpc) is 2.85. The molecule has 0 amide bonds. The Morgan fingerprint density at radius 3 is 2.78 bits per heavy atom. The van der Waals surface area contributed by atoms with Gasteiger partial charge in [-0.2, -0.15) is 0 Å². The predicted molar refractivity (Wildman–Crippen MR) is 71.8 cm³/mol. The van der Waals surface area contributed by atoms with Gasteiger partial charge in [-0.05, 0) is 37.7 Å². The van der Waals surface area contributed by atoms with Crippen LogP contribution in [0.5, 0.6) is 5.88 Å². The number of rotatable bonds is 3. The standard InChI is InChI=1S/C15H22N2O/c16-15(9-2-1-3-10-15)11-18-14-8-7-12-5-4-6-13(12)17-14/h7-8H,1-6,9-11,16H2. The Balaban J connectivity index is 1.62. The van der Waals surface area contributed by atoms with Crippen molar-refractivity contribution in [2.75, 3.05) is 6.61 Å². The molecule has 0 bridgehead atoms. The Kier molecular flexibility index (Phi) is 3.25. The summed E-state index contributed by atoms with van der Waals surface area (Å²) in [5, 5.41) is 0. The molecule has 0 unspecified atom stereocenters. The first-order valence-corrected chi connectivity index (χ1v) is 7.16. The minimum atomic E-state index is -0.126. The number of fused-ring (bicyclic) bond motifs is 1. The van der Waals surface area contributed by atoms with Crippen LogP contribution in [0.25, 0.3) is 0 Å². The molecule has 2 aliphatic rings.